The number of thioether (sulfide) groups is 1. The molecule has 4 rings (SSSR count). The molecule has 1 N–H and O–H groups in total. The van der Waals surface area contributed by atoms with Crippen molar-refractivity contribution in [3.8, 4) is 0 Å². The molecule has 1 fully saturated rings. The second-order valence-electron chi connectivity index (χ2n) is 9.87. The van der Waals surface area contributed by atoms with Gasteiger partial charge in [0.15, 0.2) is 0 Å². The molecule has 1 saturated carbocycles. The van der Waals surface area contributed by atoms with Gasteiger partial charge in [0.05, 0.1) is 5.75 Å². The van der Waals surface area contributed by atoms with E-state index in [-0.39, 0.29) is 23.6 Å². The van der Waals surface area contributed by atoms with Crippen molar-refractivity contribution in [3.63, 3.8) is 0 Å². The van der Waals surface area contributed by atoms with E-state index >= 15 is 0 Å². The van der Waals surface area contributed by atoms with Crippen LogP contribution in [0.3, 0.4) is 0 Å². The Morgan fingerprint density at radius 2 is 1.68 bits per heavy atom. The van der Waals surface area contributed by atoms with Crippen LogP contribution in [0.4, 0.5) is 0 Å². The predicted molar refractivity (Wildman–Crippen MR) is 159 cm³/mol. The van der Waals surface area contributed by atoms with E-state index in [0.717, 1.165) is 47.9 Å². The molecule has 7 heteroatoms. The number of aryl methyl sites for hydroxylation is 1. The quantitative estimate of drug-likeness (QED) is 0.265. The molecular weight excluding hydrogens is 535 g/mol. The Morgan fingerprint density at radius 3 is 2.39 bits per heavy atom. The van der Waals surface area contributed by atoms with E-state index in [2.05, 4.69) is 5.32 Å². The van der Waals surface area contributed by atoms with E-state index in [4.69, 9.17) is 23.2 Å². The topological polar surface area (TPSA) is 49.4 Å². The Hall–Kier alpha value is -2.47. The van der Waals surface area contributed by atoms with Gasteiger partial charge in [0.2, 0.25) is 11.8 Å². The van der Waals surface area contributed by atoms with Gasteiger partial charge in [0.1, 0.15) is 6.04 Å². The van der Waals surface area contributed by atoms with Crippen LogP contribution in [0.1, 0.15) is 47.9 Å². The summed E-state index contributed by atoms with van der Waals surface area (Å²) in [5, 5.41) is 4.43. The van der Waals surface area contributed by atoms with Crippen LogP contribution < -0.4 is 5.32 Å². The molecule has 0 aromatic heterocycles. The molecule has 4 nitrogen and oxygen atoms in total. The van der Waals surface area contributed by atoms with Crippen LogP contribution >= 0.6 is 35.0 Å². The maximum Gasteiger partial charge on any atom is 0.243 e. The van der Waals surface area contributed by atoms with Crippen LogP contribution in [0, 0.1) is 6.92 Å². The molecule has 0 heterocycles. The van der Waals surface area contributed by atoms with E-state index in [1.807, 2.05) is 67.6 Å². The van der Waals surface area contributed by atoms with Crippen LogP contribution in [0.5, 0.6) is 0 Å². The number of hydrogen-bond donors (Lipinski definition) is 1. The lowest BCUT2D eigenvalue weighted by atomic mass is 10.0. The first-order chi connectivity index (χ1) is 18.4. The fourth-order valence-electron chi connectivity index (χ4n) is 4.86. The third-order valence-electron chi connectivity index (χ3n) is 7.07. The van der Waals surface area contributed by atoms with Crippen molar-refractivity contribution in [2.75, 3.05) is 5.75 Å². The maximum absolute atomic E-state index is 13.8. The predicted octanol–water partition coefficient (Wildman–Crippen LogP) is 7.23. The lowest BCUT2D eigenvalue weighted by molar-refractivity contribution is -0.139. The number of benzene rings is 3. The standard InChI is InChI=1S/C31H34Cl2N2O2S/c1-22-9-5-6-12-24(22)19-35(30(36)21-38-20-25-15-16-26(32)18-28(25)33)29(17-23-10-3-2-4-11-23)31(37)34-27-13-7-8-14-27/h2-6,9-12,15-16,18,27,29H,7-8,13-14,17,19-21H2,1H3,(H,34,37). The molecule has 2 amide bonds. The lowest BCUT2D eigenvalue weighted by Gasteiger charge is -2.32. The Balaban J connectivity index is 1.57. The number of nitrogens with one attached hydrogen (secondary N) is 1. The number of carbonyl (C=O) groups excluding carboxylic acids is 2. The van der Waals surface area contributed by atoms with Gasteiger partial charge < -0.3 is 10.2 Å². The molecule has 1 aliphatic carbocycles. The molecule has 3 aromatic carbocycles. The van der Waals surface area contributed by atoms with E-state index < -0.39 is 6.04 Å². The molecule has 1 unspecified atom stereocenters. The summed E-state index contributed by atoms with van der Waals surface area (Å²) in [5.41, 5.74) is 4.10. The molecule has 0 spiro atoms. The van der Waals surface area contributed by atoms with Gasteiger partial charge in [0.25, 0.3) is 0 Å². The Kier molecular flexibility index (Phi) is 10.6. The molecule has 1 aliphatic rings. The van der Waals surface area contributed by atoms with Crippen LogP contribution in [0.2, 0.25) is 10.0 Å². The SMILES string of the molecule is Cc1ccccc1CN(C(=O)CSCc1ccc(Cl)cc1Cl)C(Cc1ccccc1)C(=O)NC1CCCC1. The molecule has 200 valence electrons. The zero-order valence-electron chi connectivity index (χ0n) is 21.7. The highest BCUT2D eigenvalue weighted by molar-refractivity contribution is 7.99. The Bertz CT molecular complexity index is 1230. The minimum absolute atomic E-state index is 0.0640. The molecule has 1 atom stereocenters. The Labute approximate surface area is 240 Å². The van der Waals surface area contributed by atoms with E-state index in [0.29, 0.717) is 28.8 Å². The molecule has 0 radical (unpaired) electrons. The summed E-state index contributed by atoms with van der Waals surface area (Å²) in [4.78, 5) is 29.4. The van der Waals surface area contributed by atoms with Gasteiger partial charge in [-0.2, -0.15) is 0 Å². The lowest BCUT2D eigenvalue weighted by Crippen LogP contribution is -2.52. The second kappa shape index (κ2) is 14.1. The van der Waals surface area contributed by atoms with Crippen molar-refractivity contribution in [3.05, 3.63) is 105 Å². The summed E-state index contributed by atoms with van der Waals surface area (Å²) in [7, 11) is 0. The number of hydrogen-bond acceptors (Lipinski definition) is 3. The molecule has 3 aromatic rings. The van der Waals surface area contributed by atoms with Crippen molar-refractivity contribution >= 4 is 46.8 Å². The Morgan fingerprint density at radius 1 is 0.974 bits per heavy atom. The van der Waals surface area contributed by atoms with Gasteiger partial charge in [-0.25, -0.2) is 0 Å². The van der Waals surface area contributed by atoms with E-state index in [9.17, 15) is 9.59 Å². The van der Waals surface area contributed by atoms with Gasteiger partial charge in [0, 0.05) is 34.8 Å². The second-order valence-corrected chi connectivity index (χ2v) is 11.7. The van der Waals surface area contributed by atoms with Crippen LogP contribution in [-0.2, 0) is 28.3 Å². The van der Waals surface area contributed by atoms with Crippen molar-refractivity contribution in [1.29, 1.82) is 0 Å². The average molecular weight is 570 g/mol. The smallest absolute Gasteiger partial charge is 0.243 e. The summed E-state index contributed by atoms with van der Waals surface area (Å²) >= 11 is 13.9. The first-order valence-corrected chi connectivity index (χ1v) is 15.0. The highest BCUT2D eigenvalue weighted by Gasteiger charge is 2.32. The fraction of sp³-hybridized carbons (Fsp3) is 0.355. The van der Waals surface area contributed by atoms with Crippen LogP contribution in [-0.4, -0.2) is 34.6 Å². The van der Waals surface area contributed by atoms with Crippen LogP contribution in [0.15, 0.2) is 72.8 Å². The summed E-state index contributed by atoms with van der Waals surface area (Å²) in [6.07, 6.45) is 4.71. The molecule has 0 aliphatic heterocycles. The van der Waals surface area contributed by atoms with Gasteiger partial charge >= 0.3 is 0 Å². The number of halogens is 2. The van der Waals surface area contributed by atoms with E-state index in [1.165, 1.54) is 11.8 Å². The highest BCUT2D eigenvalue weighted by atomic mass is 35.5. The number of nitrogens with zero attached hydrogens (tertiary/aromatic N) is 1. The fourth-order valence-corrected chi connectivity index (χ4v) is 6.33. The monoisotopic (exact) mass is 568 g/mol. The number of carbonyl (C=O) groups is 2. The van der Waals surface area contributed by atoms with Crippen molar-refractivity contribution in [2.24, 2.45) is 0 Å². The highest BCUT2D eigenvalue weighted by Crippen LogP contribution is 2.26. The van der Waals surface area contributed by atoms with Crippen molar-refractivity contribution in [2.45, 2.75) is 63.4 Å². The summed E-state index contributed by atoms with van der Waals surface area (Å²) in [5.74, 6) is 0.684. The minimum Gasteiger partial charge on any atom is -0.352 e. The van der Waals surface area contributed by atoms with Crippen molar-refractivity contribution in [1.82, 2.24) is 10.2 Å². The normalized spacial score (nSPS) is 14.3. The summed E-state index contributed by atoms with van der Waals surface area (Å²) < 4.78 is 0. The molecular formula is C31H34Cl2N2O2S. The summed E-state index contributed by atoms with van der Waals surface area (Å²) in [6.45, 7) is 2.42. The van der Waals surface area contributed by atoms with Gasteiger partial charge in [-0.1, -0.05) is 96.7 Å². The maximum atomic E-state index is 13.8. The molecule has 0 saturated heterocycles. The molecule has 38 heavy (non-hydrogen) atoms. The number of rotatable bonds is 11. The summed E-state index contributed by atoms with van der Waals surface area (Å²) in [6, 6.07) is 23.0. The largest absolute Gasteiger partial charge is 0.352 e. The third kappa shape index (κ3) is 8.02. The average Bonchev–Trinajstić information content (AvgIpc) is 3.42. The molecule has 0 bridgehead atoms. The first kappa shape index (κ1) is 28.5. The zero-order valence-corrected chi connectivity index (χ0v) is 24.0. The van der Waals surface area contributed by atoms with Crippen molar-refractivity contribution < 1.29 is 9.59 Å². The number of amides is 2. The minimum atomic E-state index is -0.607. The van der Waals surface area contributed by atoms with Crippen LogP contribution in [0.25, 0.3) is 0 Å². The van der Waals surface area contributed by atoms with Gasteiger partial charge in [-0.3, -0.25) is 9.59 Å². The zero-order chi connectivity index (χ0) is 26.9. The third-order valence-corrected chi connectivity index (χ3v) is 8.63. The van der Waals surface area contributed by atoms with Gasteiger partial charge in [-0.15, -0.1) is 11.8 Å². The first-order valence-electron chi connectivity index (χ1n) is 13.1. The van der Waals surface area contributed by atoms with E-state index in [1.54, 1.807) is 17.0 Å². The van der Waals surface area contributed by atoms with Gasteiger partial charge in [-0.05, 0) is 54.2 Å².